The highest BCUT2D eigenvalue weighted by Gasteiger charge is 2.31. The molecule has 0 fully saturated rings. The zero-order chi connectivity index (χ0) is 28.6. The molecule has 2 unspecified atom stereocenters. The Labute approximate surface area is 229 Å². The van der Waals surface area contributed by atoms with Crippen molar-refractivity contribution in [3.63, 3.8) is 0 Å². The lowest BCUT2D eigenvalue weighted by Crippen LogP contribution is -2.54. The number of benzene rings is 2. The van der Waals surface area contributed by atoms with Crippen molar-refractivity contribution in [3.8, 4) is 0 Å². The van der Waals surface area contributed by atoms with Crippen LogP contribution >= 0.6 is 0 Å². The van der Waals surface area contributed by atoms with E-state index in [2.05, 4.69) is 30.9 Å². The Morgan fingerprint density at radius 2 is 1.68 bits per heavy atom. The van der Waals surface area contributed by atoms with E-state index in [9.17, 15) is 24.0 Å². The number of carbonyl (C=O) groups excluding carboxylic acids is 4. The molecule has 206 valence electrons. The van der Waals surface area contributed by atoms with Crippen LogP contribution in [0.4, 0.5) is 0 Å². The molecule has 3 amide bonds. The Balaban J connectivity index is 1.47. The largest absolute Gasteiger partial charge is 0.345 e. The summed E-state index contributed by atoms with van der Waals surface area (Å²) in [6, 6.07) is 15.3. The van der Waals surface area contributed by atoms with Gasteiger partial charge in [-0.2, -0.15) is 0 Å². The van der Waals surface area contributed by atoms with Gasteiger partial charge in [0.15, 0.2) is 5.82 Å². The molecular weight excluding hydrogens is 512 g/mol. The number of carbonyl (C=O) groups is 4. The van der Waals surface area contributed by atoms with Crippen LogP contribution in [0.25, 0.3) is 11.0 Å². The fourth-order valence-electron chi connectivity index (χ4n) is 4.09. The smallest absolute Gasteiger partial charge is 0.289 e. The number of aryl methyl sites for hydroxylation is 1. The highest BCUT2D eigenvalue weighted by atomic mass is 16.2. The van der Waals surface area contributed by atoms with E-state index in [0.29, 0.717) is 11.0 Å². The van der Waals surface area contributed by atoms with Crippen LogP contribution < -0.4 is 21.5 Å². The number of nitrogens with zero attached hydrogens (tertiary/aromatic N) is 1. The molecule has 0 bridgehead atoms. The first-order valence-corrected chi connectivity index (χ1v) is 12.8. The van der Waals surface area contributed by atoms with Crippen molar-refractivity contribution >= 4 is 34.5 Å². The van der Waals surface area contributed by atoms with Gasteiger partial charge in [0, 0.05) is 24.7 Å². The van der Waals surface area contributed by atoms with E-state index in [1.807, 2.05) is 31.2 Å². The minimum absolute atomic E-state index is 0.0337. The van der Waals surface area contributed by atoms with Gasteiger partial charge in [-0.1, -0.05) is 55.0 Å². The lowest BCUT2D eigenvalue weighted by Gasteiger charge is -2.21. The molecule has 5 N–H and O–H groups in total. The van der Waals surface area contributed by atoms with Crippen LogP contribution in [0.5, 0.6) is 0 Å². The summed E-state index contributed by atoms with van der Waals surface area (Å²) in [6.07, 6.45) is 1.42. The molecule has 4 rings (SSSR count). The zero-order valence-electron chi connectivity index (χ0n) is 22.1. The summed E-state index contributed by atoms with van der Waals surface area (Å²) in [4.78, 5) is 74.0. The monoisotopic (exact) mass is 542 g/mol. The summed E-state index contributed by atoms with van der Waals surface area (Å²) in [6.45, 7) is 3.74. The maximum Gasteiger partial charge on any atom is 0.289 e. The van der Waals surface area contributed by atoms with Crippen molar-refractivity contribution in [2.24, 2.45) is 0 Å². The van der Waals surface area contributed by atoms with E-state index >= 15 is 0 Å². The van der Waals surface area contributed by atoms with Crippen LogP contribution in [0.2, 0.25) is 0 Å². The number of rotatable bonds is 11. The first-order chi connectivity index (χ1) is 19.2. The molecule has 0 saturated carbocycles. The molecule has 2 heterocycles. The van der Waals surface area contributed by atoms with Gasteiger partial charge >= 0.3 is 0 Å². The number of Topliss-reactive ketones (excluding diaryl/α,β-unsaturated/α-hetero) is 1. The van der Waals surface area contributed by atoms with Crippen molar-refractivity contribution in [2.45, 2.75) is 45.3 Å². The Morgan fingerprint density at radius 3 is 2.38 bits per heavy atom. The normalized spacial score (nSPS) is 12.3. The SMILES string of the molecule is CCC(NC(=O)c1nc2ccccc2[nH]1)C(=O)NC(Cc1ccc[nH]c1=O)C(=O)C(=O)NCc1ccc(C)cc1. The first kappa shape index (κ1) is 28.0. The number of H-pyrrole nitrogens is 2. The van der Waals surface area contributed by atoms with Gasteiger partial charge < -0.3 is 25.9 Å². The Morgan fingerprint density at radius 1 is 0.925 bits per heavy atom. The second kappa shape index (κ2) is 12.7. The van der Waals surface area contributed by atoms with Crippen LogP contribution in [0.3, 0.4) is 0 Å². The minimum atomic E-state index is -1.34. The summed E-state index contributed by atoms with van der Waals surface area (Å²) in [5, 5.41) is 7.76. The van der Waals surface area contributed by atoms with E-state index < -0.39 is 41.1 Å². The number of amides is 3. The number of aromatic nitrogens is 3. The van der Waals surface area contributed by atoms with Crippen molar-refractivity contribution in [1.82, 2.24) is 30.9 Å². The van der Waals surface area contributed by atoms with Crippen LogP contribution in [-0.4, -0.2) is 50.5 Å². The summed E-state index contributed by atoms with van der Waals surface area (Å²) < 4.78 is 0. The highest BCUT2D eigenvalue weighted by molar-refractivity contribution is 6.38. The van der Waals surface area contributed by atoms with E-state index in [4.69, 9.17) is 0 Å². The summed E-state index contributed by atoms with van der Waals surface area (Å²) in [5.41, 5.74) is 2.89. The van der Waals surface area contributed by atoms with E-state index in [0.717, 1.165) is 11.1 Å². The zero-order valence-corrected chi connectivity index (χ0v) is 22.1. The molecule has 0 aliphatic carbocycles. The first-order valence-electron chi connectivity index (χ1n) is 12.8. The molecule has 4 aromatic rings. The number of para-hydroxylation sites is 2. The number of pyridine rings is 1. The maximum absolute atomic E-state index is 13.2. The lowest BCUT2D eigenvalue weighted by atomic mass is 10.0. The van der Waals surface area contributed by atoms with Gasteiger partial charge in [-0.25, -0.2) is 4.98 Å². The summed E-state index contributed by atoms with van der Waals surface area (Å²) in [7, 11) is 0. The van der Waals surface area contributed by atoms with Gasteiger partial charge in [0.2, 0.25) is 11.7 Å². The quantitative estimate of drug-likeness (QED) is 0.181. The molecule has 2 aromatic heterocycles. The molecule has 11 nitrogen and oxygen atoms in total. The molecule has 2 aromatic carbocycles. The average Bonchev–Trinajstić information content (AvgIpc) is 3.40. The standard InChI is InChI=1S/C29H30N6O5/c1-3-20(34-29(40)25-32-21-8-4-5-9-22(21)33-25)27(38)35-23(15-19-7-6-14-30-26(19)37)24(36)28(39)31-16-18-12-10-17(2)11-13-18/h4-14,20,23H,3,15-16H2,1-2H3,(H,30,37)(H,31,39)(H,32,33)(H,34,40)(H,35,38). The van der Waals surface area contributed by atoms with Gasteiger partial charge in [-0.3, -0.25) is 24.0 Å². The van der Waals surface area contributed by atoms with E-state index in [1.165, 1.54) is 12.3 Å². The van der Waals surface area contributed by atoms with Gasteiger partial charge in [0.25, 0.3) is 17.4 Å². The van der Waals surface area contributed by atoms with Gasteiger partial charge in [-0.05, 0) is 37.1 Å². The van der Waals surface area contributed by atoms with Crippen LogP contribution in [0.1, 0.15) is 40.7 Å². The van der Waals surface area contributed by atoms with Gasteiger partial charge in [0.05, 0.1) is 11.0 Å². The topological polar surface area (TPSA) is 166 Å². The Kier molecular flexibility index (Phi) is 8.85. The molecule has 0 spiro atoms. The van der Waals surface area contributed by atoms with Crippen molar-refractivity contribution in [2.75, 3.05) is 0 Å². The average molecular weight is 543 g/mol. The minimum Gasteiger partial charge on any atom is -0.345 e. The van der Waals surface area contributed by atoms with Gasteiger partial charge in [-0.15, -0.1) is 0 Å². The Hall–Kier alpha value is -5.06. The molecule has 0 aliphatic heterocycles. The fourth-order valence-corrected chi connectivity index (χ4v) is 4.09. The number of imidazole rings is 1. The number of hydrogen-bond donors (Lipinski definition) is 5. The number of hydrogen-bond acceptors (Lipinski definition) is 6. The molecule has 2 atom stereocenters. The van der Waals surface area contributed by atoms with Gasteiger partial charge in [0.1, 0.15) is 12.1 Å². The molecule has 0 saturated heterocycles. The number of nitrogens with one attached hydrogen (secondary N) is 5. The second-order valence-corrected chi connectivity index (χ2v) is 9.36. The van der Waals surface area contributed by atoms with Crippen LogP contribution in [0.15, 0.2) is 71.7 Å². The number of fused-ring (bicyclic) bond motifs is 1. The van der Waals surface area contributed by atoms with Crippen molar-refractivity contribution in [3.05, 3.63) is 99.7 Å². The molecular formula is C29H30N6O5. The predicted octanol–water partition coefficient (Wildman–Crippen LogP) is 1.68. The highest BCUT2D eigenvalue weighted by Crippen LogP contribution is 2.11. The summed E-state index contributed by atoms with van der Waals surface area (Å²) in [5.74, 6) is -3.06. The number of ketones is 1. The van der Waals surface area contributed by atoms with E-state index in [-0.39, 0.29) is 30.8 Å². The summed E-state index contributed by atoms with van der Waals surface area (Å²) >= 11 is 0. The molecule has 11 heteroatoms. The predicted molar refractivity (Wildman–Crippen MR) is 148 cm³/mol. The third kappa shape index (κ3) is 6.87. The fraction of sp³-hybridized carbons (Fsp3) is 0.241. The maximum atomic E-state index is 13.2. The molecule has 0 aliphatic rings. The van der Waals surface area contributed by atoms with Crippen LogP contribution in [0, 0.1) is 6.92 Å². The van der Waals surface area contributed by atoms with E-state index in [1.54, 1.807) is 37.3 Å². The molecule has 0 radical (unpaired) electrons. The third-order valence-corrected chi connectivity index (χ3v) is 6.39. The third-order valence-electron chi connectivity index (χ3n) is 6.39. The van der Waals surface area contributed by atoms with Crippen molar-refractivity contribution in [1.29, 1.82) is 0 Å². The lowest BCUT2D eigenvalue weighted by molar-refractivity contribution is -0.140. The van der Waals surface area contributed by atoms with Crippen molar-refractivity contribution < 1.29 is 19.2 Å². The second-order valence-electron chi connectivity index (χ2n) is 9.36. The molecule has 40 heavy (non-hydrogen) atoms. The number of aromatic amines is 2. The van der Waals surface area contributed by atoms with Crippen LogP contribution in [-0.2, 0) is 27.3 Å². The Bertz CT molecular complexity index is 1560.